The second kappa shape index (κ2) is 6.35. The highest BCUT2D eigenvalue weighted by Gasteiger charge is 2.33. The lowest BCUT2D eigenvalue weighted by Crippen LogP contribution is -2.46. The maximum atomic E-state index is 13.3. The van der Waals surface area contributed by atoms with E-state index in [2.05, 4.69) is 18.7 Å². The van der Waals surface area contributed by atoms with Gasteiger partial charge in [-0.15, -0.1) is 0 Å². The molecule has 0 amide bonds. The van der Waals surface area contributed by atoms with Crippen molar-refractivity contribution in [3.63, 3.8) is 0 Å². The van der Waals surface area contributed by atoms with Crippen LogP contribution in [0.4, 0.5) is 4.39 Å². The number of benzene rings is 1. The Hall–Kier alpha value is -1.13. The lowest BCUT2D eigenvalue weighted by molar-refractivity contribution is 0.00480. The Kier molecular flexibility index (Phi) is 4.77. The fourth-order valence-electron chi connectivity index (χ4n) is 2.58. The summed E-state index contributed by atoms with van der Waals surface area (Å²) in [6, 6.07) is 4.23. The summed E-state index contributed by atoms with van der Waals surface area (Å²) < 4.78 is 19.0. The average Bonchev–Trinajstić information content (AvgIpc) is 2.42. The van der Waals surface area contributed by atoms with Crippen molar-refractivity contribution in [3.05, 3.63) is 29.6 Å². The number of aliphatic hydroxyl groups is 1. The van der Waals surface area contributed by atoms with Crippen LogP contribution in [0.3, 0.4) is 0 Å². The molecule has 1 N–H and O–H groups in total. The van der Waals surface area contributed by atoms with Crippen molar-refractivity contribution >= 4 is 0 Å². The van der Waals surface area contributed by atoms with Crippen LogP contribution in [0.2, 0.25) is 0 Å². The topological polar surface area (TPSA) is 32.7 Å². The second-order valence-corrected chi connectivity index (χ2v) is 4.99. The molecule has 0 saturated heterocycles. The predicted octanol–water partition coefficient (Wildman–Crippen LogP) is 2.74. The van der Waals surface area contributed by atoms with E-state index in [4.69, 9.17) is 4.74 Å². The van der Waals surface area contributed by atoms with Crippen molar-refractivity contribution in [2.24, 2.45) is 0 Å². The van der Waals surface area contributed by atoms with E-state index in [-0.39, 0.29) is 11.9 Å². The minimum atomic E-state index is -0.684. The zero-order valence-corrected chi connectivity index (χ0v) is 11.6. The molecule has 0 fully saturated rings. The first kappa shape index (κ1) is 14.3. The number of hydrogen-bond acceptors (Lipinski definition) is 3. The summed E-state index contributed by atoms with van der Waals surface area (Å²) in [5.74, 6) is 0.260. The summed E-state index contributed by atoms with van der Waals surface area (Å²) >= 11 is 0. The highest BCUT2D eigenvalue weighted by Crippen LogP contribution is 2.34. The molecule has 1 aromatic rings. The number of ether oxygens (including phenoxy) is 1. The molecule has 1 aromatic carbocycles. The van der Waals surface area contributed by atoms with Gasteiger partial charge in [-0.05, 0) is 37.7 Å². The zero-order chi connectivity index (χ0) is 13.8. The number of hydrogen-bond donors (Lipinski definition) is 1. The molecule has 0 bridgehead atoms. The van der Waals surface area contributed by atoms with Gasteiger partial charge in [-0.3, -0.25) is 4.90 Å². The van der Waals surface area contributed by atoms with Crippen LogP contribution < -0.4 is 4.74 Å². The van der Waals surface area contributed by atoms with E-state index in [9.17, 15) is 9.50 Å². The zero-order valence-electron chi connectivity index (χ0n) is 11.6. The summed E-state index contributed by atoms with van der Waals surface area (Å²) in [4.78, 5) is 2.21. The summed E-state index contributed by atoms with van der Waals surface area (Å²) in [5, 5.41) is 10.5. The molecule has 0 radical (unpaired) electrons. The van der Waals surface area contributed by atoms with Gasteiger partial charge in [0.05, 0.1) is 6.04 Å². The Morgan fingerprint density at radius 1 is 1.42 bits per heavy atom. The SMILES string of the molecule is CCCCN(CC)C1COc2ccc(F)cc2C1O. The van der Waals surface area contributed by atoms with Crippen molar-refractivity contribution in [1.29, 1.82) is 0 Å². The lowest BCUT2D eigenvalue weighted by atomic mass is 9.97. The normalized spacial score (nSPS) is 22.2. The Morgan fingerprint density at radius 3 is 2.89 bits per heavy atom. The number of rotatable bonds is 5. The molecule has 1 aliphatic rings. The molecule has 0 spiro atoms. The number of halogens is 1. The van der Waals surface area contributed by atoms with Crippen molar-refractivity contribution in [1.82, 2.24) is 4.90 Å². The van der Waals surface area contributed by atoms with Gasteiger partial charge in [0.25, 0.3) is 0 Å². The second-order valence-electron chi connectivity index (χ2n) is 4.99. The average molecular weight is 267 g/mol. The molecular weight excluding hydrogens is 245 g/mol. The third-order valence-electron chi connectivity index (χ3n) is 3.74. The standard InChI is InChI=1S/C15H22FNO2/c1-3-5-8-17(4-2)13-10-19-14-7-6-11(16)9-12(14)15(13)18/h6-7,9,13,15,18H,3-5,8,10H2,1-2H3. The van der Waals surface area contributed by atoms with Crippen LogP contribution in [0.1, 0.15) is 38.4 Å². The summed E-state index contributed by atoms with van der Waals surface area (Å²) in [5.41, 5.74) is 0.561. The minimum Gasteiger partial charge on any atom is -0.491 e. The number of aliphatic hydroxyl groups excluding tert-OH is 1. The highest BCUT2D eigenvalue weighted by atomic mass is 19.1. The fourth-order valence-corrected chi connectivity index (χ4v) is 2.58. The van der Waals surface area contributed by atoms with Crippen LogP contribution in [-0.2, 0) is 0 Å². The van der Waals surface area contributed by atoms with Crippen LogP contribution in [0, 0.1) is 5.82 Å². The first-order valence-electron chi connectivity index (χ1n) is 7.01. The largest absolute Gasteiger partial charge is 0.491 e. The maximum absolute atomic E-state index is 13.3. The van der Waals surface area contributed by atoms with Crippen molar-refractivity contribution in [2.45, 2.75) is 38.8 Å². The predicted molar refractivity (Wildman–Crippen MR) is 72.8 cm³/mol. The maximum Gasteiger partial charge on any atom is 0.125 e. The lowest BCUT2D eigenvalue weighted by Gasteiger charge is -2.37. The van der Waals surface area contributed by atoms with Gasteiger partial charge in [-0.25, -0.2) is 4.39 Å². The molecule has 2 unspecified atom stereocenters. The summed E-state index contributed by atoms with van der Waals surface area (Å²) in [6.45, 7) is 6.46. The van der Waals surface area contributed by atoms with E-state index >= 15 is 0 Å². The molecule has 106 valence electrons. The highest BCUT2D eigenvalue weighted by molar-refractivity contribution is 5.38. The van der Waals surface area contributed by atoms with Crippen LogP contribution in [0.25, 0.3) is 0 Å². The molecule has 0 aliphatic carbocycles. The van der Waals surface area contributed by atoms with Gasteiger partial charge in [0.2, 0.25) is 0 Å². The van der Waals surface area contributed by atoms with Gasteiger partial charge in [-0.1, -0.05) is 20.3 Å². The third kappa shape index (κ3) is 3.07. The molecule has 1 heterocycles. The molecule has 0 saturated carbocycles. The Morgan fingerprint density at radius 2 is 2.21 bits per heavy atom. The van der Waals surface area contributed by atoms with Gasteiger partial charge in [0.1, 0.15) is 24.3 Å². The first-order chi connectivity index (χ1) is 9.17. The number of fused-ring (bicyclic) bond motifs is 1. The van der Waals surface area contributed by atoms with Gasteiger partial charge in [0.15, 0.2) is 0 Å². The molecule has 0 aromatic heterocycles. The van der Waals surface area contributed by atoms with Gasteiger partial charge in [-0.2, -0.15) is 0 Å². The molecule has 2 atom stereocenters. The van der Waals surface area contributed by atoms with E-state index in [0.29, 0.717) is 17.9 Å². The van der Waals surface area contributed by atoms with Crippen LogP contribution in [0.5, 0.6) is 5.75 Å². The number of nitrogens with zero attached hydrogens (tertiary/aromatic N) is 1. The van der Waals surface area contributed by atoms with E-state index in [1.54, 1.807) is 6.07 Å². The van der Waals surface area contributed by atoms with E-state index in [0.717, 1.165) is 25.9 Å². The molecule has 19 heavy (non-hydrogen) atoms. The summed E-state index contributed by atoms with van der Waals surface area (Å²) in [7, 11) is 0. The molecule has 3 nitrogen and oxygen atoms in total. The van der Waals surface area contributed by atoms with Crippen molar-refractivity contribution in [3.8, 4) is 5.75 Å². The Labute approximate surface area is 114 Å². The van der Waals surface area contributed by atoms with Crippen LogP contribution in [0.15, 0.2) is 18.2 Å². The van der Waals surface area contributed by atoms with Crippen LogP contribution in [-0.4, -0.2) is 35.7 Å². The van der Waals surface area contributed by atoms with Gasteiger partial charge in [0, 0.05) is 5.56 Å². The van der Waals surface area contributed by atoms with E-state index in [1.807, 2.05) is 0 Å². The molecule has 4 heteroatoms. The van der Waals surface area contributed by atoms with Crippen LogP contribution >= 0.6 is 0 Å². The van der Waals surface area contributed by atoms with Crippen molar-refractivity contribution < 1.29 is 14.2 Å². The minimum absolute atomic E-state index is 0.0918. The molecule has 1 aliphatic heterocycles. The quantitative estimate of drug-likeness (QED) is 0.890. The molecular formula is C15H22FNO2. The van der Waals surface area contributed by atoms with Gasteiger partial charge >= 0.3 is 0 Å². The van der Waals surface area contributed by atoms with Gasteiger partial charge < -0.3 is 9.84 Å². The first-order valence-corrected chi connectivity index (χ1v) is 7.01. The van der Waals surface area contributed by atoms with E-state index < -0.39 is 6.10 Å². The number of likely N-dealkylation sites (N-methyl/N-ethyl adjacent to an activating group) is 1. The molecule has 2 rings (SSSR count). The smallest absolute Gasteiger partial charge is 0.125 e. The van der Waals surface area contributed by atoms with E-state index in [1.165, 1.54) is 12.1 Å². The number of unbranched alkanes of at least 4 members (excludes halogenated alkanes) is 1. The Bertz CT molecular complexity index is 425. The fraction of sp³-hybridized carbons (Fsp3) is 0.600. The third-order valence-corrected chi connectivity index (χ3v) is 3.74. The monoisotopic (exact) mass is 267 g/mol. The summed E-state index contributed by atoms with van der Waals surface area (Å²) in [6.07, 6.45) is 1.52. The Balaban J connectivity index is 2.17. The van der Waals surface area contributed by atoms with Crippen molar-refractivity contribution in [2.75, 3.05) is 19.7 Å².